The average molecular weight is 324 g/mol. The number of methoxy groups -OCH3 is 1. The van der Waals surface area contributed by atoms with Crippen molar-refractivity contribution in [3.63, 3.8) is 0 Å². The van der Waals surface area contributed by atoms with Crippen LogP contribution >= 0.6 is 0 Å². The van der Waals surface area contributed by atoms with E-state index in [9.17, 15) is 4.79 Å². The second-order valence-corrected chi connectivity index (χ2v) is 5.72. The number of hydrogen-bond acceptors (Lipinski definition) is 3. The normalized spacial score (nSPS) is 10.7. The van der Waals surface area contributed by atoms with Gasteiger partial charge in [-0.1, -0.05) is 24.3 Å². The Morgan fingerprint density at radius 2 is 1.58 bits per heavy atom. The molecule has 0 unspecified atom stereocenters. The Bertz CT molecular complexity index is 689. The first kappa shape index (κ1) is 17.6. The lowest BCUT2D eigenvalue weighted by Crippen LogP contribution is -2.28. The molecule has 0 heterocycles. The SMILES string of the molecule is COc1ccc(N(C/C=C/c2ccc(N(C)C)cc2)C(C)=O)cc1. The Hall–Kier alpha value is -2.75. The topological polar surface area (TPSA) is 32.8 Å². The molecule has 1 amide bonds. The van der Waals surface area contributed by atoms with Crippen LogP contribution in [0.3, 0.4) is 0 Å². The fourth-order valence-electron chi connectivity index (χ4n) is 2.36. The van der Waals surface area contributed by atoms with Gasteiger partial charge < -0.3 is 14.5 Å². The zero-order valence-corrected chi connectivity index (χ0v) is 14.7. The molecule has 0 aliphatic carbocycles. The third-order valence-electron chi connectivity index (χ3n) is 3.77. The molecular weight excluding hydrogens is 300 g/mol. The molecule has 0 saturated carbocycles. The molecule has 2 aromatic rings. The summed E-state index contributed by atoms with van der Waals surface area (Å²) in [4.78, 5) is 15.7. The largest absolute Gasteiger partial charge is 0.497 e. The van der Waals surface area contributed by atoms with Crippen LogP contribution in [0.1, 0.15) is 12.5 Å². The van der Waals surface area contributed by atoms with Gasteiger partial charge in [-0.05, 0) is 42.0 Å². The monoisotopic (exact) mass is 324 g/mol. The summed E-state index contributed by atoms with van der Waals surface area (Å²) in [6.45, 7) is 2.10. The summed E-state index contributed by atoms with van der Waals surface area (Å²) < 4.78 is 5.15. The molecule has 2 rings (SSSR count). The summed E-state index contributed by atoms with van der Waals surface area (Å²) in [5.41, 5.74) is 3.13. The molecule has 2 aromatic carbocycles. The molecule has 0 saturated heterocycles. The van der Waals surface area contributed by atoms with Gasteiger partial charge in [-0.2, -0.15) is 0 Å². The van der Waals surface area contributed by atoms with Crippen LogP contribution < -0.4 is 14.5 Å². The quantitative estimate of drug-likeness (QED) is 0.809. The maximum absolute atomic E-state index is 11.9. The molecule has 4 nitrogen and oxygen atoms in total. The Balaban J connectivity index is 2.06. The molecule has 0 aromatic heterocycles. The molecule has 4 heteroatoms. The van der Waals surface area contributed by atoms with E-state index in [2.05, 4.69) is 29.2 Å². The van der Waals surface area contributed by atoms with E-state index in [0.29, 0.717) is 6.54 Å². The third-order valence-corrected chi connectivity index (χ3v) is 3.77. The van der Waals surface area contributed by atoms with E-state index in [-0.39, 0.29) is 5.91 Å². The molecule has 24 heavy (non-hydrogen) atoms. The molecule has 0 N–H and O–H groups in total. The fourth-order valence-corrected chi connectivity index (χ4v) is 2.36. The van der Waals surface area contributed by atoms with Gasteiger partial charge >= 0.3 is 0 Å². The van der Waals surface area contributed by atoms with Crippen LogP contribution in [-0.4, -0.2) is 33.7 Å². The van der Waals surface area contributed by atoms with Crippen molar-refractivity contribution in [3.8, 4) is 5.75 Å². The van der Waals surface area contributed by atoms with Crippen LogP contribution in [0.25, 0.3) is 6.08 Å². The van der Waals surface area contributed by atoms with Crippen molar-refractivity contribution in [2.75, 3.05) is 37.5 Å². The number of carbonyl (C=O) groups is 1. The smallest absolute Gasteiger partial charge is 0.224 e. The van der Waals surface area contributed by atoms with Crippen molar-refractivity contribution in [1.82, 2.24) is 0 Å². The van der Waals surface area contributed by atoms with Gasteiger partial charge in [0.15, 0.2) is 0 Å². The Morgan fingerprint density at radius 1 is 1.00 bits per heavy atom. The van der Waals surface area contributed by atoms with Gasteiger partial charge in [-0.15, -0.1) is 0 Å². The molecular formula is C20H24N2O2. The van der Waals surface area contributed by atoms with E-state index in [1.54, 1.807) is 18.9 Å². The molecule has 0 spiro atoms. The predicted octanol–water partition coefficient (Wildman–Crippen LogP) is 3.83. The molecule has 0 aliphatic rings. The minimum Gasteiger partial charge on any atom is -0.497 e. The van der Waals surface area contributed by atoms with Crippen molar-refractivity contribution in [3.05, 3.63) is 60.2 Å². The standard InChI is InChI=1S/C20H24N2O2/c1-16(23)22(19-11-13-20(24-4)14-12-19)15-5-6-17-7-9-18(10-8-17)21(2)3/h5-14H,15H2,1-4H3/b6-5+. The van der Waals surface area contributed by atoms with Crippen LogP contribution in [-0.2, 0) is 4.79 Å². The highest BCUT2D eigenvalue weighted by molar-refractivity contribution is 5.91. The van der Waals surface area contributed by atoms with E-state index in [1.165, 1.54) is 0 Å². The Kier molecular flexibility index (Phi) is 6.01. The average Bonchev–Trinajstić information content (AvgIpc) is 2.59. The van der Waals surface area contributed by atoms with Gasteiger partial charge in [0, 0.05) is 38.9 Å². The number of anilines is 2. The zero-order chi connectivity index (χ0) is 17.5. The summed E-state index contributed by atoms with van der Waals surface area (Å²) in [6, 6.07) is 15.8. The first-order valence-corrected chi connectivity index (χ1v) is 7.87. The van der Waals surface area contributed by atoms with Crippen LogP contribution in [0.15, 0.2) is 54.6 Å². The number of rotatable bonds is 6. The van der Waals surface area contributed by atoms with E-state index < -0.39 is 0 Å². The first-order chi connectivity index (χ1) is 11.5. The van der Waals surface area contributed by atoms with Gasteiger partial charge in [0.05, 0.1) is 7.11 Å². The highest BCUT2D eigenvalue weighted by atomic mass is 16.5. The number of carbonyl (C=O) groups excluding carboxylic acids is 1. The maximum Gasteiger partial charge on any atom is 0.224 e. The molecule has 0 fully saturated rings. The highest BCUT2D eigenvalue weighted by Gasteiger charge is 2.09. The van der Waals surface area contributed by atoms with Crippen molar-refractivity contribution in [1.29, 1.82) is 0 Å². The van der Waals surface area contributed by atoms with Gasteiger partial charge in [0.2, 0.25) is 5.91 Å². The number of nitrogens with zero attached hydrogens (tertiary/aromatic N) is 2. The number of benzene rings is 2. The van der Waals surface area contributed by atoms with E-state index in [4.69, 9.17) is 4.74 Å². The van der Waals surface area contributed by atoms with Gasteiger partial charge in [0.1, 0.15) is 5.75 Å². The molecule has 0 aliphatic heterocycles. The maximum atomic E-state index is 11.9. The summed E-state index contributed by atoms with van der Waals surface area (Å²) in [7, 11) is 5.66. The molecule has 0 bridgehead atoms. The minimum atomic E-state index is 0.00720. The van der Waals surface area contributed by atoms with Crippen molar-refractivity contribution < 1.29 is 9.53 Å². The number of amides is 1. The highest BCUT2D eigenvalue weighted by Crippen LogP contribution is 2.20. The first-order valence-electron chi connectivity index (χ1n) is 7.87. The summed E-state index contributed by atoms with van der Waals surface area (Å²) in [5, 5.41) is 0. The molecule has 126 valence electrons. The van der Waals surface area contributed by atoms with Gasteiger partial charge in [0.25, 0.3) is 0 Å². The van der Waals surface area contributed by atoms with E-state index >= 15 is 0 Å². The lowest BCUT2D eigenvalue weighted by atomic mass is 10.2. The second-order valence-electron chi connectivity index (χ2n) is 5.72. The van der Waals surface area contributed by atoms with Crippen molar-refractivity contribution >= 4 is 23.4 Å². The zero-order valence-electron chi connectivity index (χ0n) is 14.7. The van der Waals surface area contributed by atoms with Crippen LogP contribution in [0.2, 0.25) is 0 Å². The summed E-state index contributed by atoms with van der Waals surface area (Å²) >= 11 is 0. The Labute approximate surface area is 144 Å². The van der Waals surface area contributed by atoms with Crippen LogP contribution in [0, 0.1) is 0 Å². The number of ether oxygens (including phenoxy) is 1. The van der Waals surface area contributed by atoms with Crippen molar-refractivity contribution in [2.45, 2.75) is 6.92 Å². The summed E-state index contributed by atoms with van der Waals surface area (Å²) in [5.74, 6) is 0.784. The van der Waals surface area contributed by atoms with Gasteiger partial charge in [-0.25, -0.2) is 0 Å². The Morgan fingerprint density at radius 3 is 2.08 bits per heavy atom. The van der Waals surface area contributed by atoms with E-state index in [0.717, 1.165) is 22.7 Å². The lowest BCUT2D eigenvalue weighted by molar-refractivity contribution is -0.116. The van der Waals surface area contributed by atoms with Crippen LogP contribution in [0.5, 0.6) is 5.75 Å². The third kappa shape index (κ3) is 4.62. The molecule has 0 atom stereocenters. The lowest BCUT2D eigenvalue weighted by Gasteiger charge is -2.19. The van der Waals surface area contributed by atoms with E-state index in [1.807, 2.05) is 50.5 Å². The second kappa shape index (κ2) is 8.20. The fraction of sp³-hybridized carbons (Fsp3) is 0.250. The summed E-state index contributed by atoms with van der Waals surface area (Å²) in [6.07, 6.45) is 4.02. The molecule has 0 radical (unpaired) electrons. The van der Waals surface area contributed by atoms with Crippen molar-refractivity contribution in [2.24, 2.45) is 0 Å². The predicted molar refractivity (Wildman–Crippen MR) is 101 cm³/mol. The van der Waals surface area contributed by atoms with Crippen LogP contribution in [0.4, 0.5) is 11.4 Å². The van der Waals surface area contributed by atoms with Gasteiger partial charge in [-0.3, -0.25) is 4.79 Å². The number of hydrogen-bond donors (Lipinski definition) is 0. The minimum absolute atomic E-state index is 0.00720.